The third-order valence-electron chi connectivity index (χ3n) is 3.15. The van der Waals surface area contributed by atoms with Crippen molar-refractivity contribution in [3.05, 3.63) is 29.6 Å². The van der Waals surface area contributed by atoms with Gasteiger partial charge in [0.1, 0.15) is 11.6 Å². The van der Waals surface area contributed by atoms with Crippen molar-refractivity contribution in [3.8, 4) is 5.75 Å². The highest BCUT2D eigenvalue weighted by atomic mass is 79.9. The number of ether oxygens (including phenoxy) is 1. The average Bonchev–Trinajstić information content (AvgIpc) is 2.67. The van der Waals surface area contributed by atoms with E-state index in [2.05, 4.69) is 15.9 Å². The lowest BCUT2D eigenvalue weighted by molar-refractivity contribution is 0.00291. The van der Waals surface area contributed by atoms with E-state index in [-0.39, 0.29) is 31.2 Å². The minimum atomic E-state index is -2.55. The molecule has 18 heavy (non-hydrogen) atoms. The third-order valence-corrected chi connectivity index (χ3v) is 3.75. The van der Waals surface area contributed by atoms with Gasteiger partial charge in [-0.2, -0.15) is 0 Å². The Morgan fingerprint density at radius 2 is 2.17 bits per heavy atom. The van der Waals surface area contributed by atoms with Gasteiger partial charge in [0.05, 0.1) is 6.61 Å². The van der Waals surface area contributed by atoms with Crippen LogP contribution in [0.1, 0.15) is 24.8 Å². The molecule has 5 heteroatoms. The highest BCUT2D eigenvalue weighted by molar-refractivity contribution is 9.08. The molecule has 1 unspecified atom stereocenters. The van der Waals surface area contributed by atoms with Crippen LogP contribution in [0.3, 0.4) is 0 Å². The van der Waals surface area contributed by atoms with Crippen LogP contribution in [0.4, 0.5) is 13.2 Å². The topological polar surface area (TPSA) is 9.23 Å². The zero-order valence-corrected chi connectivity index (χ0v) is 11.4. The first kappa shape index (κ1) is 13.7. The second-order valence-electron chi connectivity index (χ2n) is 4.66. The smallest absolute Gasteiger partial charge is 0.248 e. The molecule has 0 aliphatic heterocycles. The molecule has 2 rings (SSSR count). The van der Waals surface area contributed by atoms with E-state index in [0.717, 1.165) is 0 Å². The normalized spacial score (nSPS) is 22.1. The van der Waals surface area contributed by atoms with Gasteiger partial charge in [0.25, 0.3) is 0 Å². The Labute approximate surface area is 112 Å². The van der Waals surface area contributed by atoms with Crippen LogP contribution >= 0.6 is 15.9 Å². The van der Waals surface area contributed by atoms with Crippen LogP contribution in [0.2, 0.25) is 0 Å². The number of alkyl halides is 3. The first-order chi connectivity index (χ1) is 8.50. The lowest BCUT2D eigenvalue weighted by Crippen LogP contribution is -2.14. The maximum Gasteiger partial charge on any atom is 0.248 e. The van der Waals surface area contributed by atoms with Crippen molar-refractivity contribution in [1.82, 2.24) is 0 Å². The maximum atomic E-state index is 13.0. The van der Waals surface area contributed by atoms with Crippen molar-refractivity contribution in [2.24, 2.45) is 5.92 Å². The summed E-state index contributed by atoms with van der Waals surface area (Å²) in [6.07, 6.45) is 0.311. The summed E-state index contributed by atoms with van der Waals surface area (Å²) in [7, 11) is 0. The molecule has 1 aliphatic rings. The highest BCUT2D eigenvalue weighted by Crippen LogP contribution is 2.39. The zero-order chi connectivity index (χ0) is 13.2. The quantitative estimate of drug-likeness (QED) is 0.740. The van der Waals surface area contributed by atoms with Gasteiger partial charge in [-0.15, -0.1) is 0 Å². The molecule has 1 aromatic rings. The molecule has 0 aromatic heterocycles. The molecule has 1 aromatic carbocycles. The molecule has 1 atom stereocenters. The SMILES string of the molecule is Fc1ccc(OCC2CCC(F)(F)C2)c(CBr)c1. The van der Waals surface area contributed by atoms with Crippen LogP contribution in [0.15, 0.2) is 18.2 Å². The summed E-state index contributed by atoms with van der Waals surface area (Å²) in [5, 5.41) is 0.473. The summed E-state index contributed by atoms with van der Waals surface area (Å²) >= 11 is 3.25. The van der Waals surface area contributed by atoms with Gasteiger partial charge in [-0.3, -0.25) is 0 Å². The molecule has 1 nitrogen and oxygen atoms in total. The second-order valence-corrected chi connectivity index (χ2v) is 5.22. The molecular weight excluding hydrogens is 309 g/mol. The molecule has 0 amide bonds. The van der Waals surface area contributed by atoms with Crippen LogP contribution in [0.5, 0.6) is 5.75 Å². The minimum Gasteiger partial charge on any atom is -0.493 e. The van der Waals surface area contributed by atoms with Gasteiger partial charge in [0, 0.05) is 23.7 Å². The average molecular weight is 323 g/mol. The van der Waals surface area contributed by atoms with Crippen LogP contribution < -0.4 is 4.74 Å². The molecule has 0 spiro atoms. The lowest BCUT2D eigenvalue weighted by Gasteiger charge is -2.14. The molecule has 0 N–H and O–H groups in total. The van der Waals surface area contributed by atoms with Crippen LogP contribution in [0, 0.1) is 11.7 Å². The second kappa shape index (κ2) is 5.51. The van der Waals surface area contributed by atoms with E-state index in [1.165, 1.54) is 12.1 Å². The van der Waals surface area contributed by atoms with Crippen molar-refractivity contribution in [1.29, 1.82) is 0 Å². The number of rotatable bonds is 4. The van der Waals surface area contributed by atoms with E-state index in [1.807, 2.05) is 0 Å². The molecule has 100 valence electrons. The number of hydrogen-bond acceptors (Lipinski definition) is 1. The van der Waals surface area contributed by atoms with Crippen molar-refractivity contribution < 1.29 is 17.9 Å². The molecule has 0 radical (unpaired) electrons. The molecule has 0 saturated heterocycles. The zero-order valence-electron chi connectivity index (χ0n) is 9.77. The van der Waals surface area contributed by atoms with E-state index in [1.54, 1.807) is 6.07 Å². The molecule has 1 saturated carbocycles. The summed E-state index contributed by atoms with van der Waals surface area (Å²) in [5.74, 6) is -2.43. The Morgan fingerprint density at radius 1 is 1.39 bits per heavy atom. The van der Waals surface area contributed by atoms with Crippen LogP contribution in [-0.4, -0.2) is 12.5 Å². The van der Waals surface area contributed by atoms with Gasteiger partial charge >= 0.3 is 0 Å². The summed E-state index contributed by atoms with van der Waals surface area (Å²) in [6.45, 7) is 0.265. The predicted molar refractivity (Wildman–Crippen MR) is 66.8 cm³/mol. The molecular formula is C13H14BrF3O. The van der Waals surface area contributed by atoms with Gasteiger partial charge in [-0.05, 0) is 30.5 Å². The van der Waals surface area contributed by atoms with E-state index < -0.39 is 5.92 Å². The molecule has 0 heterocycles. The fourth-order valence-electron chi connectivity index (χ4n) is 2.18. The molecule has 1 aliphatic carbocycles. The van der Waals surface area contributed by atoms with Crippen molar-refractivity contribution in [2.45, 2.75) is 30.5 Å². The van der Waals surface area contributed by atoms with Gasteiger partial charge in [-0.1, -0.05) is 15.9 Å². The minimum absolute atomic E-state index is 0.0598. The van der Waals surface area contributed by atoms with Crippen molar-refractivity contribution >= 4 is 15.9 Å². The molecule has 0 bridgehead atoms. The largest absolute Gasteiger partial charge is 0.493 e. The highest BCUT2D eigenvalue weighted by Gasteiger charge is 2.39. The summed E-state index contributed by atoms with van der Waals surface area (Å²) in [5.41, 5.74) is 0.694. The van der Waals surface area contributed by atoms with Gasteiger partial charge in [0.2, 0.25) is 5.92 Å². The summed E-state index contributed by atoms with van der Waals surface area (Å²) < 4.78 is 44.5. The van der Waals surface area contributed by atoms with E-state index in [0.29, 0.717) is 23.1 Å². The van der Waals surface area contributed by atoms with Gasteiger partial charge < -0.3 is 4.74 Å². The van der Waals surface area contributed by atoms with E-state index in [4.69, 9.17) is 4.74 Å². The Balaban J connectivity index is 1.94. The van der Waals surface area contributed by atoms with Crippen molar-refractivity contribution in [2.75, 3.05) is 6.61 Å². The Hall–Kier alpha value is -0.710. The van der Waals surface area contributed by atoms with Crippen LogP contribution in [0.25, 0.3) is 0 Å². The number of halogens is 4. The van der Waals surface area contributed by atoms with Crippen molar-refractivity contribution in [3.63, 3.8) is 0 Å². The first-order valence-electron chi connectivity index (χ1n) is 5.85. The first-order valence-corrected chi connectivity index (χ1v) is 6.97. The van der Waals surface area contributed by atoms with E-state index in [9.17, 15) is 13.2 Å². The standard InChI is InChI=1S/C13H14BrF3O/c14-7-10-5-11(15)1-2-12(10)18-8-9-3-4-13(16,17)6-9/h1-2,5,9H,3-4,6-8H2. The predicted octanol–water partition coefficient (Wildman–Crippen LogP) is 4.53. The number of benzene rings is 1. The maximum absolute atomic E-state index is 13.0. The fourth-order valence-corrected chi connectivity index (χ4v) is 2.62. The third kappa shape index (κ3) is 3.40. The molecule has 1 fully saturated rings. The lowest BCUT2D eigenvalue weighted by atomic mass is 10.1. The Bertz CT molecular complexity index is 423. The number of hydrogen-bond donors (Lipinski definition) is 0. The Morgan fingerprint density at radius 3 is 2.78 bits per heavy atom. The Kier molecular flexibility index (Phi) is 4.20. The van der Waals surface area contributed by atoms with Gasteiger partial charge in [-0.25, -0.2) is 13.2 Å². The van der Waals surface area contributed by atoms with E-state index >= 15 is 0 Å². The van der Waals surface area contributed by atoms with Crippen LogP contribution in [-0.2, 0) is 5.33 Å². The summed E-state index contributed by atoms with van der Waals surface area (Å²) in [4.78, 5) is 0. The van der Waals surface area contributed by atoms with Gasteiger partial charge in [0.15, 0.2) is 0 Å². The summed E-state index contributed by atoms with van der Waals surface area (Å²) in [6, 6.07) is 4.23. The fraction of sp³-hybridized carbons (Fsp3) is 0.538. The monoisotopic (exact) mass is 322 g/mol.